The number of anilines is 2. The van der Waals surface area contributed by atoms with E-state index in [1.54, 1.807) is 0 Å². The molecule has 0 atom stereocenters. The molecular weight excluding hydrogens is 256 g/mol. The zero-order chi connectivity index (χ0) is 11.2. The van der Waals surface area contributed by atoms with Crippen molar-refractivity contribution in [3.05, 3.63) is 22.7 Å². The van der Waals surface area contributed by atoms with Gasteiger partial charge in [0.25, 0.3) is 0 Å². The Labute approximate surface area is 97.6 Å². The Morgan fingerprint density at radius 1 is 1.40 bits per heavy atom. The Kier molecular flexibility index (Phi) is 2.26. The van der Waals surface area contributed by atoms with Crippen molar-refractivity contribution >= 4 is 33.2 Å². The number of likely N-dealkylation sites (N-methyl/N-ethyl adjacent to an activating group) is 1. The van der Waals surface area contributed by atoms with Crippen LogP contribution in [0, 0.1) is 0 Å². The molecule has 1 aromatic rings. The van der Waals surface area contributed by atoms with Crippen LogP contribution in [0.15, 0.2) is 22.7 Å². The van der Waals surface area contributed by atoms with Gasteiger partial charge < -0.3 is 10.2 Å². The molecule has 1 heterocycles. The third-order valence-corrected chi connectivity index (χ3v) is 3.46. The fourth-order valence-electron chi connectivity index (χ4n) is 1.63. The van der Waals surface area contributed by atoms with Crippen molar-refractivity contribution in [1.29, 1.82) is 0 Å². The molecule has 1 N–H and O–H groups in total. The Balaban J connectivity index is 2.55. The smallest absolute Gasteiger partial charge is 0.249 e. The molecule has 0 fully saturated rings. The zero-order valence-corrected chi connectivity index (χ0v) is 10.6. The van der Waals surface area contributed by atoms with Gasteiger partial charge >= 0.3 is 0 Å². The van der Waals surface area contributed by atoms with Crippen LogP contribution < -0.4 is 10.2 Å². The van der Waals surface area contributed by atoms with Gasteiger partial charge in [0.05, 0.1) is 11.4 Å². The van der Waals surface area contributed by atoms with Gasteiger partial charge in [0.2, 0.25) is 5.91 Å². The number of fused-ring (bicyclic) bond motifs is 1. The molecule has 0 unspecified atom stereocenters. The number of rotatable bonds is 0. The number of carbonyl (C=O) groups is 1. The van der Waals surface area contributed by atoms with E-state index in [2.05, 4.69) is 21.2 Å². The average Bonchev–Trinajstić information content (AvgIpc) is 2.15. The zero-order valence-electron chi connectivity index (χ0n) is 8.97. The lowest BCUT2D eigenvalue weighted by Crippen LogP contribution is -2.54. The van der Waals surface area contributed by atoms with Crippen LogP contribution >= 0.6 is 15.9 Å². The van der Waals surface area contributed by atoms with Gasteiger partial charge in [-0.15, -0.1) is 0 Å². The number of halogens is 1. The van der Waals surface area contributed by atoms with E-state index >= 15 is 0 Å². The number of benzene rings is 1. The van der Waals surface area contributed by atoms with Crippen LogP contribution in [-0.4, -0.2) is 18.5 Å². The van der Waals surface area contributed by atoms with Crippen molar-refractivity contribution in [2.24, 2.45) is 0 Å². The van der Waals surface area contributed by atoms with E-state index in [0.29, 0.717) is 0 Å². The Hall–Kier alpha value is -1.03. The van der Waals surface area contributed by atoms with Crippen LogP contribution in [0.25, 0.3) is 0 Å². The molecule has 15 heavy (non-hydrogen) atoms. The Morgan fingerprint density at radius 2 is 2.07 bits per heavy atom. The molecule has 0 aliphatic carbocycles. The lowest BCUT2D eigenvalue weighted by Gasteiger charge is -2.41. The first kappa shape index (κ1) is 10.5. The average molecular weight is 269 g/mol. The molecule has 1 amide bonds. The third-order valence-electron chi connectivity index (χ3n) is 2.96. The molecule has 0 saturated heterocycles. The molecule has 1 aromatic carbocycles. The number of hydrogen-bond donors (Lipinski definition) is 1. The fraction of sp³-hybridized carbons (Fsp3) is 0.364. The summed E-state index contributed by atoms with van der Waals surface area (Å²) in [6, 6.07) is 5.89. The topological polar surface area (TPSA) is 32.3 Å². The summed E-state index contributed by atoms with van der Waals surface area (Å²) in [5.74, 6) is 0.0237. The highest BCUT2D eigenvalue weighted by atomic mass is 79.9. The van der Waals surface area contributed by atoms with Gasteiger partial charge in [-0.05, 0) is 32.0 Å². The van der Waals surface area contributed by atoms with Gasteiger partial charge in [-0.25, -0.2) is 0 Å². The lowest BCUT2D eigenvalue weighted by atomic mass is 9.97. The second-order valence-corrected chi connectivity index (χ2v) is 5.15. The monoisotopic (exact) mass is 268 g/mol. The third kappa shape index (κ3) is 1.53. The Bertz CT molecular complexity index is 429. The minimum atomic E-state index is -0.499. The van der Waals surface area contributed by atoms with E-state index in [-0.39, 0.29) is 5.91 Å². The predicted molar refractivity (Wildman–Crippen MR) is 65.3 cm³/mol. The largest absolute Gasteiger partial charge is 0.359 e. The fourth-order valence-corrected chi connectivity index (χ4v) is 1.99. The highest BCUT2D eigenvalue weighted by molar-refractivity contribution is 9.10. The number of nitrogens with zero attached hydrogens (tertiary/aromatic N) is 1. The minimum Gasteiger partial charge on any atom is -0.359 e. The highest BCUT2D eigenvalue weighted by Crippen LogP contribution is 2.36. The summed E-state index contributed by atoms with van der Waals surface area (Å²) in [5, 5.41) is 2.91. The van der Waals surface area contributed by atoms with E-state index in [4.69, 9.17) is 0 Å². The van der Waals surface area contributed by atoms with Crippen molar-refractivity contribution in [2.45, 2.75) is 19.4 Å². The molecule has 0 spiro atoms. The van der Waals surface area contributed by atoms with E-state index in [0.717, 1.165) is 15.8 Å². The molecular formula is C11H13BrN2O. The summed E-state index contributed by atoms with van der Waals surface area (Å²) in [6.07, 6.45) is 0. The maximum atomic E-state index is 11.8. The van der Waals surface area contributed by atoms with Gasteiger partial charge in [0, 0.05) is 11.5 Å². The molecule has 0 aromatic heterocycles. The van der Waals surface area contributed by atoms with Crippen molar-refractivity contribution in [3.63, 3.8) is 0 Å². The van der Waals surface area contributed by atoms with Crippen LogP contribution in [0.2, 0.25) is 0 Å². The molecule has 2 rings (SSSR count). The quantitative estimate of drug-likeness (QED) is 0.785. The second kappa shape index (κ2) is 3.23. The molecule has 1 aliphatic rings. The van der Waals surface area contributed by atoms with Crippen molar-refractivity contribution in [2.75, 3.05) is 17.3 Å². The summed E-state index contributed by atoms with van der Waals surface area (Å²) in [5.41, 5.74) is 1.40. The SMILES string of the molecule is CN1c2ccc(Br)cc2NC(=O)C1(C)C. The first-order chi connectivity index (χ1) is 6.93. The molecule has 80 valence electrons. The standard InChI is InChI=1S/C11H13BrN2O/c1-11(2)10(15)13-8-6-7(12)4-5-9(8)14(11)3/h4-6H,1-3H3,(H,13,15). The van der Waals surface area contributed by atoms with Gasteiger partial charge in [-0.3, -0.25) is 4.79 Å². The van der Waals surface area contributed by atoms with E-state index < -0.39 is 5.54 Å². The normalized spacial score (nSPS) is 18.4. The summed E-state index contributed by atoms with van der Waals surface area (Å²) >= 11 is 3.39. The minimum absolute atomic E-state index is 0.0237. The van der Waals surface area contributed by atoms with E-state index in [9.17, 15) is 4.79 Å². The van der Waals surface area contributed by atoms with Gasteiger partial charge in [0.15, 0.2) is 0 Å². The van der Waals surface area contributed by atoms with Crippen molar-refractivity contribution in [1.82, 2.24) is 0 Å². The van der Waals surface area contributed by atoms with Crippen molar-refractivity contribution in [3.8, 4) is 0 Å². The maximum Gasteiger partial charge on any atom is 0.249 e. The Morgan fingerprint density at radius 3 is 2.73 bits per heavy atom. The number of carbonyl (C=O) groups excluding carboxylic acids is 1. The van der Waals surface area contributed by atoms with Crippen LogP contribution in [0.4, 0.5) is 11.4 Å². The predicted octanol–water partition coefficient (Wildman–Crippen LogP) is 2.62. The van der Waals surface area contributed by atoms with Crippen LogP contribution in [-0.2, 0) is 4.79 Å². The second-order valence-electron chi connectivity index (χ2n) is 4.23. The maximum absolute atomic E-state index is 11.8. The van der Waals surface area contributed by atoms with Crippen LogP contribution in [0.3, 0.4) is 0 Å². The first-order valence-corrected chi connectivity index (χ1v) is 5.57. The highest BCUT2D eigenvalue weighted by Gasteiger charge is 2.37. The van der Waals surface area contributed by atoms with Gasteiger partial charge in [-0.1, -0.05) is 15.9 Å². The summed E-state index contributed by atoms with van der Waals surface area (Å²) in [7, 11) is 1.94. The summed E-state index contributed by atoms with van der Waals surface area (Å²) < 4.78 is 0.967. The number of nitrogens with one attached hydrogen (secondary N) is 1. The van der Waals surface area contributed by atoms with Crippen molar-refractivity contribution < 1.29 is 4.79 Å². The summed E-state index contributed by atoms with van der Waals surface area (Å²) in [4.78, 5) is 13.8. The van der Waals surface area contributed by atoms with Crippen LogP contribution in [0.5, 0.6) is 0 Å². The molecule has 3 nitrogen and oxygen atoms in total. The first-order valence-electron chi connectivity index (χ1n) is 4.78. The lowest BCUT2D eigenvalue weighted by molar-refractivity contribution is -0.120. The van der Waals surface area contributed by atoms with Crippen LogP contribution in [0.1, 0.15) is 13.8 Å². The van der Waals surface area contributed by atoms with E-state index in [1.165, 1.54) is 0 Å². The number of amides is 1. The van der Waals surface area contributed by atoms with Gasteiger partial charge in [0.1, 0.15) is 5.54 Å². The molecule has 0 saturated carbocycles. The molecule has 0 bridgehead atoms. The summed E-state index contributed by atoms with van der Waals surface area (Å²) in [6.45, 7) is 3.82. The van der Waals surface area contributed by atoms with E-state index in [1.807, 2.05) is 44.0 Å². The number of hydrogen-bond acceptors (Lipinski definition) is 2. The molecule has 1 aliphatic heterocycles. The molecule has 0 radical (unpaired) electrons. The van der Waals surface area contributed by atoms with Gasteiger partial charge in [-0.2, -0.15) is 0 Å². The molecule has 4 heteroatoms.